The van der Waals surface area contributed by atoms with Gasteiger partial charge in [-0.3, -0.25) is 14.5 Å². The van der Waals surface area contributed by atoms with Crippen LogP contribution in [0.1, 0.15) is 25.7 Å². The summed E-state index contributed by atoms with van der Waals surface area (Å²) in [6, 6.07) is 8.27. The fraction of sp³-hybridized carbons (Fsp3) is 0.455. The fourth-order valence-corrected chi connectivity index (χ4v) is 3.98. The van der Waals surface area contributed by atoms with Crippen molar-refractivity contribution in [2.75, 3.05) is 13.2 Å². The first-order valence-electron chi connectivity index (χ1n) is 9.87. The molecule has 2 saturated heterocycles. The first-order chi connectivity index (χ1) is 14.4. The molecule has 0 spiro atoms. The molecule has 2 fully saturated rings. The predicted molar refractivity (Wildman–Crippen MR) is 105 cm³/mol. The number of carbonyl (C=O) groups excluding carboxylic acids is 2. The largest absolute Gasteiger partial charge is 0.388 e. The van der Waals surface area contributed by atoms with E-state index in [1.807, 2.05) is 30.3 Å². The zero-order valence-corrected chi connectivity index (χ0v) is 16.9. The average Bonchev–Trinajstić information content (AvgIpc) is 2.96. The van der Waals surface area contributed by atoms with Gasteiger partial charge in [0.2, 0.25) is 0 Å². The Hall–Kier alpha value is -2.36. The molecule has 0 aromatic heterocycles. The second-order valence-corrected chi connectivity index (χ2v) is 7.55. The second kappa shape index (κ2) is 8.41. The van der Waals surface area contributed by atoms with Crippen LogP contribution in [0.5, 0.6) is 0 Å². The number of nitrogens with zero attached hydrogens (tertiary/aromatic N) is 1. The molecule has 1 N–H and O–H groups in total. The molecule has 1 aromatic rings. The summed E-state index contributed by atoms with van der Waals surface area (Å²) in [6.45, 7) is 7.09. The number of hydrogen-bond acceptors (Lipinski definition) is 7. The summed E-state index contributed by atoms with van der Waals surface area (Å²) in [6.07, 6.45) is -2.84. The number of aliphatic hydroxyl groups is 1. The van der Waals surface area contributed by atoms with Crippen LogP contribution in [0, 0.1) is 0 Å². The highest BCUT2D eigenvalue weighted by atomic mass is 16.7. The van der Waals surface area contributed by atoms with E-state index in [2.05, 4.69) is 6.58 Å². The van der Waals surface area contributed by atoms with Crippen molar-refractivity contribution >= 4 is 11.8 Å². The molecule has 30 heavy (non-hydrogen) atoms. The van der Waals surface area contributed by atoms with E-state index in [-0.39, 0.29) is 13.2 Å². The van der Waals surface area contributed by atoms with E-state index in [1.165, 1.54) is 6.08 Å². The smallest absolute Gasteiger partial charge is 0.257 e. The van der Waals surface area contributed by atoms with E-state index in [1.54, 1.807) is 13.8 Å². The van der Waals surface area contributed by atoms with Gasteiger partial charge in [-0.2, -0.15) is 0 Å². The number of rotatable bonds is 5. The van der Waals surface area contributed by atoms with Gasteiger partial charge in [-0.15, -0.1) is 6.58 Å². The molecule has 3 heterocycles. The molecule has 4 rings (SSSR count). The van der Waals surface area contributed by atoms with Crippen LogP contribution in [-0.2, 0) is 28.5 Å². The number of benzene rings is 1. The zero-order chi connectivity index (χ0) is 21.4. The predicted octanol–water partition coefficient (Wildman–Crippen LogP) is 1.46. The molecule has 2 amide bonds. The van der Waals surface area contributed by atoms with Crippen molar-refractivity contribution in [3.8, 4) is 0 Å². The third-order valence-corrected chi connectivity index (χ3v) is 5.72. The Morgan fingerprint density at radius 3 is 2.47 bits per heavy atom. The molecule has 3 aliphatic heterocycles. The summed E-state index contributed by atoms with van der Waals surface area (Å²) in [7, 11) is 0. The third kappa shape index (κ3) is 3.51. The molecule has 0 saturated carbocycles. The lowest BCUT2D eigenvalue weighted by molar-refractivity contribution is -0.349. The van der Waals surface area contributed by atoms with Crippen LogP contribution in [0.2, 0.25) is 0 Å². The van der Waals surface area contributed by atoms with Gasteiger partial charge in [0.25, 0.3) is 11.8 Å². The van der Waals surface area contributed by atoms with Gasteiger partial charge in [0.15, 0.2) is 12.6 Å². The number of imide groups is 1. The molecule has 8 heteroatoms. The molecule has 0 radical (unpaired) electrons. The molecule has 6 atom stereocenters. The van der Waals surface area contributed by atoms with Gasteiger partial charge >= 0.3 is 0 Å². The Morgan fingerprint density at radius 1 is 1.17 bits per heavy atom. The minimum Gasteiger partial charge on any atom is -0.388 e. The number of carbonyl (C=O) groups is 2. The summed E-state index contributed by atoms with van der Waals surface area (Å²) in [5, 5.41) is 11.2. The molecule has 160 valence electrons. The van der Waals surface area contributed by atoms with Crippen molar-refractivity contribution < 1.29 is 33.6 Å². The van der Waals surface area contributed by atoms with Crippen molar-refractivity contribution in [2.24, 2.45) is 0 Å². The lowest BCUT2D eigenvalue weighted by Crippen LogP contribution is -2.67. The van der Waals surface area contributed by atoms with Crippen LogP contribution in [0.3, 0.4) is 0 Å². The second-order valence-electron chi connectivity index (χ2n) is 7.55. The van der Waals surface area contributed by atoms with Crippen LogP contribution in [0.4, 0.5) is 0 Å². The maximum Gasteiger partial charge on any atom is 0.257 e. The highest BCUT2D eigenvalue weighted by Crippen LogP contribution is 2.37. The van der Waals surface area contributed by atoms with Gasteiger partial charge in [0.05, 0.1) is 13.2 Å². The van der Waals surface area contributed by atoms with Crippen molar-refractivity contribution in [3.63, 3.8) is 0 Å². The van der Waals surface area contributed by atoms with Gasteiger partial charge < -0.3 is 24.1 Å². The maximum atomic E-state index is 12.8. The van der Waals surface area contributed by atoms with Gasteiger partial charge in [-0.25, -0.2) is 0 Å². The van der Waals surface area contributed by atoms with Gasteiger partial charge in [-0.1, -0.05) is 36.4 Å². The summed E-state index contributed by atoms with van der Waals surface area (Å²) in [5.41, 5.74) is 1.48. The highest BCUT2D eigenvalue weighted by molar-refractivity contribution is 6.19. The van der Waals surface area contributed by atoms with Gasteiger partial charge in [0.1, 0.15) is 24.4 Å². The van der Waals surface area contributed by atoms with E-state index >= 15 is 0 Å². The van der Waals surface area contributed by atoms with Crippen LogP contribution >= 0.6 is 0 Å². The lowest BCUT2D eigenvalue weighted by atomic mass is 9.94. The molecule has 8 nitrogen and oxygen atoms in total. The number of aliphatic hydroxyl groups excluding tert-OH is 1. The van der Waals surface area contributed by atoms with Crippen molar-refractivity contribution in [1.29, 1.82) is 0 Å². The van der Waals surface area contributed by atoms with Crippen LogP contribution < -0.4 is 0 Å². The van der Waals surface area contributed by atoms with Crippen LogP contribution in [0.25, 0.3) is 0 Å². The topological polar surface area (TPSA) is 94.5 Å². The average molecular weight is 415 g/mol. The van der Waals surface area contributed by atoms with Crippen LogP contribution in [0.15, 0.2) is 54.1 Å². The summed E-state index contributed by atoms with van der Waals surface area (Å²) < 4.78 is 23.5. The Morgan fingerprint density at radius 2 is 1.83 bits per heavy atom. The standard InChI is InChI=1S/C22H25NO7/c1-4-10-27-22-16(23-19(25)12(2)13(3)20(23)26)17(24)18-15(29-22)11-28-21(30-18)14-8-6-5-7-9-14/h4-9,15-18,21-22,24H,1,10-11H2,2-3H3/t15-,16-,17-,18-,21?,22-/m1/s1. The monoisotopic (exact) mass is 415 g/mol. The SMILES string of the molecule is C=CCO[C@@H]1O[C@@H]2COC(c3ccccc3)O[C@H]2[C@H](O)[C@H]1N1C(=O)C(C)=C(C)C1=O. The molecule has 1 aromatic carbocycles. The fourth-order valence-electron chi connectivity index (χ4n) is 3.98. The summed E-state index contributed by atoms with van der Waals surface area (Å²) >= 11 is 0. The van der Waals surface area contributed by atoms with Gasteiger partial charge in [-0.05, 0) is 13.8 Å². The zero-order valence-electron chi connectivity index (χ0n) is 16.9. The van der Waals surface area contributed by atoms with Crippen molar-refractivity contribution in [3.05, 3.63) is 59.7 Å². The first-order valence-corrected chi connectivity index (χ1v) is 9.87. The van der Waals surface area contributed by atoms with E-state index in [9.17, 15) is 14.7 Å². The van der Waals surface area contributed by atoms with Gasteiger partial charge in [0, 0.05) is 16.7 Å². The Bertz CT molecular complexity index is 843. The molecular weight excluding hydrogens is 390 g/mol. The number of ether oxygens (including phenoxy) is 4. The Kier molecular flexibility index (Phi) is 5.86. The van der Waals surface area contributed by atoms with Crippen LogP contribution in [-0.4, -0.2) is 65.7 Å². The first kappa shape index (κ1) is 20.9. The molecule has 0 bridgehead atoms. The molecule has 0 aliphatic carbocycles. The summed E-state index contributed by atoms with van der Waals surface area (Å²) in [4.78, 5) is 26.6. The summed E-state index contributed by atoms with van der Waals surface area (Å²) in [5.74, 6) is -0.940. The Balaban J connectivity index is 1.62. The molecule has 1 unspecified atom stereocenters. The van der Waals surface area contributed by atoms with Crippen molar-refractivity contribution in [2.45, 2.75) is 50.8 Å². The van der Waals surface area contributed by atoms with E-state index in [0.29, 0.717) is 11.1 Å². The quantitative estimate of drug-likeness (QED) is 0.575. The number of amides is 2. The third-order valence-electron chi connectivity index (χ3n) is 5.72. The minimum atomic E-state index is -1.22. The van der Waals surface area contributed by atoms with E-state index in [0.717, 1.165) is 10.5 Å². The number of hydrogen-bond donors (Lipinski definition) is 1. The highest BCUT2D eigenvalue weighted by Gasteiger charge is 2.55. The lowest BCUT2D eigenvalue weighted by Gasteiger charge is -2.49. The number of fused-ring (bicyclic) bond motifs is 1. The maximum absolute atomic E-state index is 12.8. The van der Waals surface area contributed by atoms with E-state index in [4.69, 9.17) is 18.9 Å². The van der Waals surface area contributed by atoms with Crippen molar-refractivity contribution in [1.82, 2.24) is 4.90 Å². The minimum absolute atomic E-state index is 0.126. The Labute approximate surface area is 174 Å². The normalized spacial score (nSPS) is 34.3. The van der Waals surface area contributed by atoms with E-state index < -0.39 is 48.7 Å². The molecular formula is C22H25NO7. The molecule has 3 aliphatic rings.